The van der Waals surface area contributed by atoms with Crippen molar-refractivity contribution in [3.8, 4) is 11.5 Å². The monoisotopic (exact) mass is 375 g/mol. The molecular formula is C17H20ClN6O2+. The molecule has 136 valence electrons. The lowest BCUT2D eigenvalue weighted by Gasteiger charge is -2.29. The topological polar surface area (TPSA) is 70.3 Å². The Hall–Kier alpha value is -2.74. The molecule has 0 atom stereocenters. The summed E-state index contributed by atoms with van der Waals surface area (Å²) < 4.78 is 6.80. The van der Waals surface area contributed by atoms with Crippen LogP contribution in [0.4, 0.5) is 4.79 Å². The molecule has 1 aliphatic heterocycles. The summed E-state index contributed by atoms with van der Waals surface area (Å²) in [7, 11) is 3.37. The molecule has 0 radical (unpaired) electrons. The van der Waals surface area contributed by atoms with Gasteiger partial charge in [-0.05, 0) is 12.1 Å². The first-order chi connectivity index (χ1) is 12.6. The number of benzene rings is 1. The number of imidazole rings is 1. The van der Waals surface area contributed by atoms with Gasteiger partial charge in [0.2, 0.25) is 6.20 Å². The van der Waals surface area contributed by atoms with Crippen LogP contribution in [0.3, 0.4) is 0 Å². The number of hydrogen-bond donors (Lipinski definition) is 1. The van der Waals surface area contributed by atoms with Crippen molar-refractivity contribution in [1.29, 1.82) is 0 Å². The van der Waals surface area contributed by atoms with Crippen LogP contribution in [0.25, 0.3) is 22.6 Å². The maximum atomic E-state index is 11.6. The second-order valence-corrected chi connectivity index (χ2v) is 6.61. The molecule has 1 N–H and O–H groups in total. The quantitative estimate of drug-likeness (QED) is 0.690. The van der Waals surface area contributed by atoms with E-state index in [1.165, 1.54) is 7.11 Å². The molecule has 1 saturated heterocycles. The summed E-state index contributed by atoms with van der Waals surface area (Å²) >= 11 is 6.48. The Balaban J connectivity index is 1.60. The first kappa shape index (κ1) is 16.7. The molecule has 0 unspecified atom stereocenters. The lowest BCUT2D eigenvalue weighted by molar-refractivity contribution is -0.746. The zero-order valence-corrected chi connectivity index (χ0v) is 15.4. The minimum absolute atomic E-state index is 0.292. The van der Waals surface area contributed by atoms with E-state index in [4.69, 9.17) is 21.3 Å². The Labute approximate surface area is 155 Å². The smallest absolute Gasteiger partial charge is 0.409 e. The molecule has 0 aliphatic carbocycles. The number of methoxy groups -OCH3 is 1. The number of para-hydroxylation sites is 2. The van der Waals surface area contributed by atoms with Crippen molar-refractivity contribution in [2.45, 2.75) is 0 Å². The summed E-state index contributed by atoms with van der Waals surface area (Å²) in [6.45, 7) is 2.55. The van der Waals surface area contributed by atoms with Crippen LogP contribution in [-0.2, 0) is 11.8 Å². The molecule has 2 aromatic heterocycles. The Morgan fingerprint density at radius 2 is 2.00 bits per heavy atom. The fraction of sp³-hybridized carbons (Fsp3) is 0.353. The van der Waals surface area contributed by atoms with Crippen LogP contribution in [0.2, 0.25) is 5.02 Å². The van der Waals surface area contributed by atoms with Gasteiger partial charge in [0.25, 0.3) is 0 Å². The largest absolute Gasteiger partial charge is 0.453 e. The van der Waals surface area contributed by atoms with Crippen LogP contribution in [0.1, 0.15) is 0 Å². The van der Waals surface area contributed by atoms with Crippen LogP contribution >= 0.6 is 11.6 Å². The van der Waals surface area contributed by atoms with Gasteiger partial charge in [0.1, 0.15) is 5.02 Å². The number of aromatic nitrogens is 4. The fourth-order valence-electron chi connectivity index (χ4n) is 3.27. The van der Waals surface area contributed by atoms with Crippen molar-refractivity contribution in [2.24, 2.45) is 7.05 Å². The number of nitrogens with one attached hydrogen (secondary N) is 1. The average molecular weight is 376 g/mol. The maximum absolute atomic E-state index is 11.6. The SMILES string of the molecule is COC(=O)N1CCN([n+]2cc(Cl)c(-c3nc4ccccc4n3C)[nH]2)CC1. The van der Waals surface area contributed by atoms with Crippen molar-refractivity contribution in [2.75, 3.05) is 38.3 Å². The minimum atomic E-state index is -0.292. The molecule has 1 aliphatic rings. The van der Waals surface area contributed by atoms with Gasteiger partial charge in [0.05, 0.1) is 31.2 Å². The number of halogens is 1. The van der Waals surface area contributed by atoms with Gasteiger partial charge in [-0.25, -0.2) is 9.78 Å². The van der Waals surface area contributed by atoms with Crippen LogP contribution < -0.4 is 9.80 Å². The lowest BCUT2D eigenvalue weighted by atomic mass is 10.3. The molecule has 26 heavy (non-hydrogen) atoms. The number of carbonyl (C=O) groups excluding carboxylic acids is 1. The molecule has 3 aromatic rings. The number of aromatic amines is 1. The van der Waals surface area contributed by atoms with Crippen molar-refractivity contribution >= 4 is 28.7 Å². The van der Waals surface area contributed by atoms with Gasteiger partial charge < -0.3 is 14.2 Å². The van der Waals surface area contributed by atoms with E-state index in [0.717, 1.165) is 22.6 Å². The van der Waals surface area contributed by atoms with E-state index in [9.17, 15) is 4.79 Å². The minimum Gasteiger partial charge on any atom is -0.453 e. The number of amides is 1. The third-order valence-corrected chi connectivity index (χ3v) is 4.99. The zero-order valence-electron chi connectivity index (χ0n) is 14.6. The second kappa shape index (κ2) is 6.53. The molecule has 0 saturated carbocycles. The van der Waals surface area contributed by atoms with Crippen LogP contribution in [0.15, 0.2) is 30.5 Å². The normalized spacial score (nSPS) is 14.9. The highest BCUT2D eigenvalue weighted by Crippen LogP contribution is 2.26. The number of carbonyl (C=O) groups is 1. The number of fused-ring (bicyclic) bond motifs is 1. The molecule has 0 bridgehead atoms. The summed E-state index contributed by atoms with van der Waals surface area (Å²) in [4.78, 5) is 19.9. The molecule has 1 fully saturated rings. The first-order valence-corrected chi connectivity index (χ1v) is 8.76. The number of ether oxygens (including phenoxy) is 1. The van der Waals surface area contributed by atoms with Gasteiger partial charge in [-0.2, -0.15) is 5.01 Å². The third kappa shape index (κ3) is 2.76. The standard InChI is InChI=1S/C17H19ClN6O2/c1-21-14-6-4-3-5-13(14)19-16(21)15-12(18)11-24(20-15)23-9-7-22(8-10-23)17(25)26-2/h3-6,11H,7-10H2,1-2H3/p+1. The molecule has 3 heterocycles. The summed E-state index contributed by atoms with van der Waals surface area (Å²) in [6.07, 6.45) is 1.55. The number of rotatable bonds is 2. The number of H-pyrrole nitrogens is 1. The summed E-state index contributed by atoms with van der Waals surface area (Å²) in [5, 5.41) is 6.01. The van der Waals surface area contributed by atoms with E-state index >= 15 is 0 Å². The number of nitrogens with zero attached hydrogens (tertiary/aromatic N) is 5. The van der Waals surface area contributed by atoms with Gasteiger partial charge in [0.15, 0.2) is 11.5 Å². The Morgan fingerprint density at radius 3 is 2.69 bits per heavy atom. The Bertz CT molecular complexity index is 957. The van der Waals surface area contributed by atoms with Crippen LogP contribution in [0, 0.1) is 0 Å². The molecular weight excluding hydrogens is 356 g/mol. The summed E-state index contributed by atoms with van der Waals surface area (Å²) in [5.74, 6) is 0.781. The van der Waals surface area contributed by atoms with E-state index in [1.807, 2.05) is 46.9 Å². The first-order valence-electron chi connectivity index (χ1n) is 8.38. The summed E-state index contributed by atoms with van der Waals surface area (Å²) in [6, 6.07) is 7.97. The third-order valence-electron chi connectivity index (χ3n) is 4.71. The lowest BCUT2D eigenvalue weighted by Crippen LogP contribution is -2.66. The fourth-order valence-corrected chi connectivity index (χ4v) is 3.49. The molecule has 4 rings (SSSR count). The van der Waals surface area contributed by atoms with Gasteiger partial charge >= 0.3 is 6.09 Å². The Morgan fingerprint density at radius 1 is 1.27 bits per heavy atom. The van der Waals surface area contributed by atoms with Crippen molar-refractivity contribution in [3.63, 3.8) is 0 Å². The predicted molar refractivity (Wildman–Crippen MR) is 97.6 cm³/mol. The molecule has 9 heteroatoms. The van der Waals surface area contributed by atoms with E-state index in [1.54, 1.807) is 4.90 Å². The van der Waals surface area contributed by atoms with Gasteiger partial charge in [-0.15, -0.1) is 5.10 Å². The predicted octanol–water partition coefficient (Wildman–Crippen LogP) is 1.53. The van der Waals surface area contributed by atoms with Gasteiger partial charge in [0, 0.05) is 24.9 Å². The second-order valence-electron chi connectivity index (χ2n) is 6.20. The highest BCUT2D eigenvalue weighted by atomic mass is 35.5. The maximum Gasteiger partial charge on any atom is 0.409 e. The van der Waals surface area contributed by atoms with Gasteiger partial charge in [-0.1, -0.05) is 23.7 Å². The van der Waals surface area contributed by atoms with E-state index in [0.29, 0.717) is 31.2 Å². The van der Waals surface area contributed by atoms with Crippen LogP contribution in [-0.4, -0.2) is 58.9 Å². The summed E-state index contributed by atoms with van der Waals surface area (Å²) in [5.41, 5.74) is 2.74. The van der Waals surface area contributed by atoms with E-state index in [2.05, 4.69) is 10.1 Å². The number of piperazine rings is 1. The van der Waals surface area contributed by atoms with Crippen LogP contribution in [0.5, 0.6) is 0 Å². The van der Waals surface area contributed by atoms with Crippen molar-refractivity contribution < 1.29 is 14.3 Å². The Kier molecular flexibility index (Phi) is 4.20. The highest BCUT2D eigenvalue weighted by Gasteiger charge is 2.29. The molecule has 8 nitrogen and oxygen atoms in total. The van der Waals surface area contributed by atoms with Crippen molar-refractivity contribution in [3.05, 3.63) is 35.5 Å². The number of aryl methyl sites for hydroxylation is 1. The van der Waals surface area contributed by atoms with E-state index in [-0.39, 0.29) is 6.09 Å². The molecule has 0 spiro atoms. The average Bonchev–Trinajstić information content (AvgIpc) is 3.21. The highest BCUT2D eigenvalue weighted by molar-refractivity contribution is 6.32. The van der Waals surface area contributed by atoms with E-state index < -0.39 is 0 Å². The van der Waals surface area contributed by atoms with Gasteiger partial charge in [-0.3, -0.25) is 0 Å². The van der Waals surface area contributed by atoms with Crippen molar-refractivity contribution in [1.82, 2.24) is 19.5 Å². The zero-order chi connectivity index (χ0) is 18.3. The molecule has 1 amide bonds. The number of hydrogen-bond acceptors (Lipinski definition) is 4. The molecule has 1 aromatic carbocycles.